The van der Waals surface area contributed by atoms with Crippen LogP contribution >= 0.6 is 0 Å². The molecule has 1 amide bonds. The highest BCUT2D eigenvalue weighted by Crippen LogP contribution is 2.32. The molecule has 5 nitrogen and oxygen atoms in total. The van der Waals surface area contributed by atoms with Crippen molar-refractivity contribution in [3.63, 3.8) is 0 Å². The third-order valence-electron chi connectivity index (χ3n) is 2.95. The molecule has 5 heteroatoms. The zero-order valence-corrected chi connectivity index (χ0v) is 9.69. The van der Waals surface area contributed by atoms with Crippen LogP contribution in [0.25, 0.3) is 0 Å². The lowest BCUT2D eigenvalue weighted by molar-refractivity contribution is -0.138. The van der Waals surface area contributed by atoms with E-state index in [1.807, 2.05) is 0 Å². The van der Waals surface area contributed by atoms with Gasteiger partial charge >= 0.3 is 5.97 Å². The summed E-state index contributed by atoms with van der Waals surface area (Å²) in [7, 11) is 1.70. The highest BCUT2D eigenvalue weighted by Gasteiger charge is 2.30. The highest BCUT2D eigenvalue weighted by molar-refractivity contribution is 5.76. The van der Waals surface area contributed by atoms with Gasteiger partial charge in [0, 0.05) is 32.5 Å². The van der Waals surface area contributed by atoms with E-state index in [9.17, 15) is 9.59 Å². The zero-order valence-electron chi connectivity index (χ0n) is 9.69. The number of hydrogen-bond acceptors (Lipinski definition) is 3. The van der Waals surface area contributed by atoms with Crippen LogP contribution in [0.3, 0.4) is 0 Å². The van der Waals surface area contributed by atoms with Gasteiger partial charge in [0.2, 0.25) is 5.91 Å². The van der Waals surface area contributed by atoms with Crippen molar-refractivity contribution in [3.05, 3.63) is 0 Å². The first-order chi connectivity index (χ1) is 7.50. The number of rotatable bonds is 7. The molecular weight excluding hydrogens is 208 g/mol. The van der Waals surface area contributed by atoms with Crippen LogP contribution in [0.15, 0.2) is 0 Å². The number of nitrogens with zero attached hydrogens (tertiary/aromatic N) is 1. The number of hydrogen-bond donors (Lipinski definition) is 2. The molecular formula is C11H20N2O3. The third-order valence-corrected chi connectivity index (χ3v) is 2.95. The molecule has 0 aromatic rings. The second kappa shape index (κ2) is 5.84. The fourth-order valence-electron chi connectivity index (χ4n) is 1.64. The van der Waals surface area contributed by atoms with Crippen molar-refractivity contribution in [1.82, 2.24) is 4.90 Å². The van der Waals surface area contributed by atoms with Crippen molar-refractivity contribution in [2.24, 2.45) is 11.7 Å². The Hall–Kier alpha value is -1.10. The summed E-state index contributed by atoms with van der Waals surface area (Å²) in [4.78, 5) is 23.5. The Morgan fingerprint density at radius 1 is 1.50 bits per heavy atom. The SMILES string of the molecule is CN(CCCC(=O)O)C(=O)CC(N)C1CC1. The lowest BCUT2D eigenvalue weighted by Crippen LogP contribution is -2.35. The van der Waals surface area contributed by atoms with Gasteiger partial charge in [0.05, 0.1) is 0 Å². The second-order valence-corrected chi connectivity index (χ2v) is 4.52. The highest BCUT2D eigenvalue weighted by atomic mass is 16.4. The van der Waals surface area contributed by atoms with Crippen molar-refractivity contribution in [2.75, 3.05) is 13.6 Å². The maximum Gasteiger partial charge on any atom is 0.303 e. The van der Waals surface area contributed by atoms with Gasteiger partial charge in [0.15, 0.2) is 0 Å². The number of carboxylic acids is 1. The van der Waals surface area contributed by atoms with E-state index < -0.39 is 5.97 Å². The van der Waals surface area contributed by atoms with Gasteiger partial charge in [-0.2, -0.15) is 0 Å². The van der Waals surface area contributed by atoms with Gasteiger partial charge in [-0.3, -0.25) is 9.59 Å². The largest absolute Gasteiger partial charge is 0.481 e. The van der Waals surface area contributed by atoms with E-state index in [-0.39, 0.29) is 18.4 Å². The van der Waals surface area contributed by atoms with Crippen molar-refractivity contribution in [1.29, 1.82) is 0 Å². The number of carbonyl (C=O) groups is 2. The molecule has 0 radical (unpaired) electrons. The summed E-state index contributed by atoms with van der Waals surface area (Å²) < 4.78 is 0. The summed E-state index contributed by atoms with van der Waals surface area (Å²) >= 11 is 0. The molecule has 0 heterocycles. The quantitative estimate of drug-likeness (QED) is 0.662. The van der Waals surface area contributed by atoms with Crippen LogP contribution in [0.2, 0.25) is 0 Å². The Morgan fingerprint density at radius 3 is 2.62 bits per heavy atom. The molecule has 0 aliphatic heterocycles. The predicted octanol–water partition coefficient (Wildman–Crippen LogP) is 0.437. The van der Waals surface area contributed by atoms with E-state index in [4.69, 9.17) is 10.8 Å². The maximum absolute atomic E-state index is 11.7. The molecule has 92 valence electrons. The van der Waals surface area contributed by atoms with E-state index in [0.29, 0.717) is 25.3 Å². The van der Waals surface area contributed by atoms with Crippen LogP contribution in [-0.2, 0) is 9.59 Å². The zero-order chi connectivity index (χ0) is 12.1. The summed E-state index contributed by atoms with van der Waals surface area (Å²) in [6.07, 6.45) is 3.26. The average Bonchev–Trinajstić information content (AvgIpc) is 2.99. The minimum Gasteiger partial charge on any atom is -0.481 e. The molecule has 0 aromatic heterocycles. The topological polar surface area (TPSA) is 83.6 Å². The number of carboxylic acid groups (broad SMARTS) is 1. The van der Waals surface area contributed by atoms with Gasteiger partial charge < -0.3 is 15.7 Å². The predicted molar refractivity (Wildman–Crippen MR) is 59.8 cm³/mol. The lowest BCUT2D eigenvalue weighted by atomic mass is 10.1. The Balaban J connectivity index is 2.16. The van der Waals surface area contributed by atoms with Gasteiger partial charge in [-0.15, -0.1) is 0 Å². The molecule has 1 aliphatic rings. The molecule has 1 aliphatic carbocycles. The molecule has 1 atom stereocenters. The monoisotopic (exact) mass is 228 g/mol. The number of amides is 1. The summed E-state index contributed by atoms with van der Waals surface area (Å²) in [5.74, 6) is -0.281. The van der Waals surface area contributed by atoms with Gasteiger partial charge in [0.1, 0.15) is 0 Å². The van der Waals surface area contributed by atoms with E-state index in [2.05, 4.69) is 0 Å². The van der Waals surface area contributed by atoms with Crippen molar-refractivity contribution < 1.29 is 14.7 Å². The fraction of sp³-hybridized carbons (Fsp3) is 0.818. The third kappa shape index (κ3) is 4.61. The minimum atomic E-state index is -0.824. The van der Waals surface area contributed by atoms with Crippen molar-refractivity contribution in [3.8, 4) is 0 Å². The van der Waals surface area contributed by atoms with Crippen LogP contribution in [0.1, 0.15) is 32.1 Å². The summed E-state index contributed by atoms with van der Waals surface area (Å²) in [5.41, 5.74) is 5.85. The first-order valence-electron chi connectivity index (χ1n) is 5.72. The minimum absolute atomic E-state index is 0.0183. The van der Waals surface area contributed by atoms with E-state index in [1.54, 1.807) is 11.9 Å². The smallest absolute Gasteiger partial charge is 0.303 e. The van der Waals surface area contributed by atoms with Crippen LogP contribution in [0.4, 0.5) is 0 Å². The summed E-state index contributed by atoms with van der Waals surface area (Å²) in [5, 5.41) is 8.47. The Bertz CT molecular complexity index is 264. The van der Waals surface area contributed by atoms with Gasteiger partial charge in [0.25, 0.3) is 0 Å². The molecule has 3 N–H and O–H groups in total. The number of aliphatic carboxylic acids is 1. The van der Waals surface area contributed by atoms with Crippen LogP contribution in [0.5, 0.6) is 0 Å². The Kier molecular flexibility index (Phi) is 4.73. The number of nitrogens with two attached hydrogens (primary N) is 1. The van der Waals surface area contributed by atoms with Gasteiger partial charge in [-0.25, -0.2) is 0 Å². The molecule has 1 saturated carbocycles. The summed E-state index contributed by atoms with van der Waals surface area (Å²) in [6, 6.07) is -0.0191. The molecule has 1 fully saturated rings. The Morgan fingerprint density at radius 2 is 2.12 bits per heavy atom. The van der Waals surface area contributed by atoms with E-state index in [0.717, 1.165) is 12.8 Å². The molecule has 1 rings (SSSR count). The molecule has 0 saturated heterocycles. The normalized spacial score (nSPS) is 16.9. The molecule has 0 aromatic carbocycles. The first-order valence-corrected chi connectivity index (χ1v) is 5.72. The fourth-order valence-corrected chi connectivity index (χ4v) is 1.64. The second-order valence-electron chi connectivity index (χ2n) is 4.52. The van der Waals surface area contributed by atoms with E-state index >= 15 is 0 Å². The van der Waals surface area contributed by atoms with Crippen LogP contribution in [-0.4, -0.2) is 41.5 Å². The van der Waals surface area contributed by atoms with Gasteiger partial charge in [-0.1, -0.05) is 0 Å². The van der Waals surface area contributed by atoms with Crippen molar-refractivity contribution >= 4 is 11.9 Å². The number of carbonyl (C=O) groups excluding carboxylic acids is 1. The summed E-state index contributed by atoms with van der Waals surface area (Å²) in [6.45, 7) is 0.489. The average molecular weight is 228 g/mol. The molecule has 16 heavy (non-hydrogen) atoms. The first kappa shape index (κ1) is 13.0. The van der Waals surface area contributed by atoms with E-state index in [1.165, 1.54) is 0 Å². The standard InChI is InChI=1S/C11H20N2O3/c1-13(6-2-3-11(15)16)10(14)7-9(12)8-4-5-8/h8-9H,2-7,12H2,1H3,(H,15,16). The van der Waals surface area contributed by atoms with Gasteiger partial charge in [-0.05, 0) is 25.2 Å². The molecule has 1 unspecified atom stereocenters. The lowest BCUT2D eigenvalue weighted by Gasteiger charge is -2.19. The molecule has 0 spiro atoms. The molecule has 0 bridgehead atoms. The van der Waals surface area contributed by atoms with Crippen LogP contribution in [0, 0.1) is 5.92 Å². The van der Waals surface area contributed by atoms with Crippen LogP contribution < -0.4 is 5.73 Å². The Labute approximate surface area is 95.6 Å². The van der Waals surface area contributed by atoms with Crippen molar-refractivity contribution in [2.45, 2.75) is 38.1 Å². The maximum atomic E-state index is 11.7.